The predicted molar refractivity (Wildman–Crippen MR) is 107 cm³/mol. The van der Waals surface area contributed by atoms with Crippen LogP contribution in [0.5, 0.6) is 0 Å². The molecule has 2 heterocycles. The molecule has 28 heavy (non-hydrogen) atoms. The fourth-order valence-electron chi connectivity index (χ4n) is 3.70. The van der Waals surface area contributed by atoms with E-state index in [-0.39, 0.29) is 18.5 Å². The smallest absolute Gasteiger partial charge is 0.280 e. The highest BCUT2D eigenvalue weighted by Crippen LogP contribution is 2.38. The van der Waals surface area contributed by atoms with Gasteiger partial charge in [0.1, 0.15) is 5.00 Å². The molecular weight excluding hydrogens is 374 g/mol. The number of primary amides is 1. The van der Waals surface area contributed by atoms with Crippen molar-refractivity contribution in [2.75, 3.05) is 11.9 Å². The Balaban J connectivity index is 1.47. The number of carbonyl (C=O) groups excluding carboxylic acids is 2. The summed E-state index contributed by atoms with van der Waals surface area (Å²) in [6.45, 7) is 0.195. The van der Waals surface area contributed by atoms with Crippen LogP contribution in [-0.4, -0.2) is 18.4 Å². The van der Waals surface area contributed by atoms with E-state index in [1.807, 2.05) is 47.8 Å². The number of benzene rings is 1. The maximum atomic E-state index is 12.6. The van der Waals surface area contributed by atoms with E-state index in [4.69, 9.17) is 10.2 Å². The Morgan fingerprint density at radius 3 is 2.71 bits per heavy atom. The second-order valence-corrected chi connectivity index (χ2v) is 7.92. The van der Waals surface area contributed by atoms with Gasteiger partial charge in [0, 0.05) is 10.4 Å². The molecule has 2 aromatic heterocycles. The van der Waals surface area contributed by atoms with E-state index in [1.165, 1.54) is 11.3 Å². The van der Waals surface area contributed by atoms with Crippen molar-refractivity contribution in [1.29, 1.82) is 0 Å². The number of quaternary nitrogens is 1. The summed E-state index contributed by atoms with van der Waals surface area (Å²) in [6, 6.07) is 13.5. The molecule has 1 atom stereocenters. The van der Waals surface area contributed by atoms with Crippen LogP contribution >= 0.6 is 11.3 Å². The van der Waals surface area contributed by atoms with Gasteiger partial charge in [-0.3, -0.25) is 9.59 Å². The Labute approximate surface area is 166 Å². The van der Waals surface area contributed by atoms with Crippen LogP contribution in [0.15, 0.2) is 53.1 Å². The number of furan rings is 1. The van der Waals surface area contributed by atoms with Crippen molar-refractivity contribution in [3.05, 3.63) is 76.1 Å². The maximum Gasteiger partial charge on any atom is 0.280 e. The minimum atomic E-state index is -0.476. The zero-order chi connectivity index (χ0) is 19.5. The molecule has 1 aliphatic rings. The molecule has 0 bridgehead atoms. The summed E-state index contributed by atoms with van der Waals surface area (Å²) in [4.78, 5) is 25.6. The molecule has 0 radical (unpaired) electrons. The largest absolute Gasteiger partial charge is 0.463 e. The Morgan fingerprint density at radius 1 is 1.18 bits per heavy atom. The van der Waals surface area contributed by atoms with E-state index < -0.39 is 5.91 Å². The zero-order valence-electron chi connectivity index (χ0n) is 15.3. The van der Waals surface area contributed by atoms with E-state index in [0.29, 0.717) is 10.6 Å². The van der Waals surface area contributed by atoms with E-state index in [1.54, 1.807) is 6.26 Å². The molecule has 1 aromatic carbocycles. The summed E-state index contributed by atoms with van der Waals surface area (Å²) >= 11 is 1.47. The second kappa shape index (κ2) is 8.00. The quantitative estimate of drug-likeness (QED) is 0.571. The van der Waals surface area contributed by atoms with Gasteiger partial charge in [0.2, 0.25) is 0 Å². The summed E-state index contributed by atoms with van der Waals surface area (Å²) < 4.78 is 5.57. The lowest BCUT2D eigenvalue weighted by molar-refractivity contribution is -0.678. The number of rotatable bonds is 7. The van der Waals surface area contributed by atoms with Crippen molar-refractivity contribution in [3.63, 3.8) is 0 Å². The average Bonchev–Trinajstić information content (AvgIpc) is 3.40. The molecule has 5 N–H and O–H groups in total. The van der Waals surface area contributed by atoms with Gasteiger partial charge in [0.25, 0.3) is 11.8 Å². The summed E-state index contributed by atoms with van der Waals surface area (Å²) in [7, 11) is 0. The number of nitrogens with one attached hydrogen (secondary N) is 1. The van der Waals surface area contributed by atoms with Gasteiger partial charge >= 0.3 is 0 Å². The molecule has 3 aromatic rings. The first-order valence-corrected chi connectivity index (χ1v) is 10.1. The number of hydrogen-bond donors (Lipinski definition) is 3. The van der Waals surface area contributed by atoms with Crippen molar-refractivity contribution in [2.24, 2.45) is 5.73 Å². The summed E-state index contributed by atoms with van der Waals surface area (Å²) in [5, 5.41) is 5.39. The number of aryl methyl sites for hydroxylation is 1. The first-order chi connectivity index (χ1) is 13.6. The highest BCUT2D eigenvalue weighted by atomic mass is 32.1. The van der Waals surface area contributed by atoms with Gasteiger partial charge in [0.15, 0.2) is 18.3 Å². The SMILES string of the molecule is NC(=O)c1c(NC(=O)C[NH2+][C@@H](c2ccccc2)c2ccco2)sc2c1CCC2. The van der Waals surface area contributed by atoms with Crippen LogP contribution in [-0.2, 0) is 17.6 Å². The lowest BCUT2D eigenvalue weighted by Gasteiger charge is -2.14. The third kappa shape index (κ3) is 3.72. The highest BCUT2D eigenvalue weighted by Gasteiger charge is 2.27. The van der Waals surface area contributed by atoms with Crippen LogP contribution in [0, 0.1) is 0 Å². The first-order valence-electron chi connectivity index (χ1n) is 9.29. The Bertz CT molecular complexity index is 980. The lowest BCUT2D eigenvalue weighted by Crippen LogP contribution is -2.87. The van der Waals surface area contributed by atoms with Crippen molar-refractivity contribution < 1.29 is 19.3 Å². The summed E-state index contributed by atoms with van der Waals surface area (Å²) in [6.07, 6.45) is 4.45. The average molecular weight is 396 g/mol. The van der Waals surface area contributed by atoms with Gasteiger partial charge in [-0.15, -0.1) is 11.3 Å². The monoisotopic (exact) mass is 396 g/mol. The van der Waals surface area contributed by atoms with Crippen LogP contribution in [0.3, 0.4) is 0 Å². The van der Waals surface area contributed by atoms with Crippen LogP contribution in [0.1, 0.15) is 44.6 Å². The second-order valence-electron chi connectivity index (χ2n) is 6.82. The third-order valence-corrected chi connectivity index (χ3v) is 6.18. The Kier molecular flexibility index (Phi) is 5.27. The fourth-order valence-corrected chi connectivity index (χ4v) is 5.01. The van der Waals surface area contributed by atoms with Gasteiger partial charge in [-0.1, -0.05) is 30.3 Å². The summed E-state index contributed by atoms with van der Waals surface area (Å²) in [5.74, 6) is 0.137. The molecule has 0 saturated carbocycles. The van der Waals surface area contributed by atoms with E-state index in [9.17, 15) is 9.59 Å². The van der Waals surface area contributed by atoms with Crippen LogP contribution < -0.4 is 16.4 Å². The normalized spacial score (nSPS) is 13.9. The van der Waals surface area contributed by atoms with Crippen LogP contribution in [0.25, 0.3) is 0 Å². The van der Waals surface area contributed by atoms with Crippen LogP contribution in [0.2, 0.25) is 0 Å². The van der Waals surface area contributed by atoms with E-state index in [2.05, 4.69) is 5.32 Å². The first kappa shape index (κ1) is 18.5. The molecular formula is C21H22N3O3S+. The van der Waals surface area contributed by atoms with Gasteiger partial charge in [-0.05, 0) is 37.0 Å². The lowest BCUT2D eigenvalue weighted by atomic mass is 10.0. The molecule has 0 saturated heterocycles. The topological polar surface area (TPSA) is 102 Å². The molecule has 6 nitrogen and oxygen atoms in total. The van der Waals surface area contributed by atoms with E-state index in [0.717, 1.165) is 41.0 Å². The van der Waals surface area contributed by atoms with Crippen molar-refractivity contribution in [3.8, 4) is 0 Å². The number of thiophene rings is 1. The van der Waals surface area contributed by atoms with Crippen molar-refractivity contribution in [2.45, 2.75) is 25.3 Å². The number of amides is 2. The fraction of sp³-hybridized carbons (Fsp3) is 0.238. The number of carbonyl (C=O) groups is 2. The van der Waals surface area contributed by atoms with Gasteiger partial charge in [-0.25, -0.2) is 0 Å². The van der Waals surface area contributed by atoms with E-state index >= 15 is 0 Å². The minimum absolute atomic E-state index is 0.120. The molecule has 0 unspecified atom stereocenters. The highest BCUT2D eigenvalue weighted by molar-refractivity contribution is 7.17. The molecule has 0 fully saturated rings. The molecule has 4 rings (SSSR count). The molecule has 2 amide bonds. The standard InChI is InChI=1S/C21H21N3O3S/c22-20(26)18-14-8-4-10-16(14)28-21(18)24-17(25)12-23-19(15-9-5-11-27-15)13-6-2-1-3-7-13/h1-3,5-7,9,11,19,23H,4,8,10,12H2,(H2,22,26)(H,24,25)/p+1/t19-/m0/s1. The van der Waals surface area contributed by atoms with Gasteiger partial charge in [-0.2, -0.15) is 0 Å². The minimum Gasteiger partial charge on any atom is -0.463 e. The Hall–Kier alpha value is -2.90. The van der Waals surface area contributed by atoms with Crippen molar-refractivity contribution in [1.82, 2.24) is 0 Å². The number of nitrogens with two attached hydrogens (primary N) is 2. The number of hydrogen-bond acceptors (Lipinski definition) is 4. The molecule has 0 aliphatic heterocycles. The van der Waals surface area contributed by atoms with Gasteiger partial charge in [0.05, 0.1) is 11.8 Å². The van der Waals surface area contributed by atoms with Crippen LogP contribution in [0.4, 0.5) is 5.00 Å². The molecule has 1 aliphatic carbocycles. The Morgan fingerprint density at radius 2 is 2.00 bits per heavy atom. The third-order valence-electron chi connectivity index (χ3n) is 4.97. The summed E-state index contributed by atoms with van der Waals surface area (Å²) in [5.41, 5.74) is 8.11. The molecule has 7 heteroatoms. The van der Waals surface area contributed by atoms with Crippen molar-refractivity contribution >= 4 is 28.2 Å². The van der Waals surface area contributed by atoms with Gasteiger partial charge < -0.3 is 20.8 Å². The maximum absolute atomic E-state index is 12.6. The molecule has 0 spiro atoms. The molecule has 144 valence electrons. The predicted octanol–water partition coefficient (Wildman–Crippen LogP) is 2.22. The zero-order valence-corrected chi connectivity index (χ0v) is 16.1. The number of fused-ring (bicyclic) bond motifs is 1. The number of anilines is 1.